The summed E-state index contributed by atoms with van der Waals surface area (Å²) in [4.78, 5) is 23.2. The molecule has 0 bridgehead atoms. The summed E-state index contributed by atoms with van der Waals surface area (Å²) in [5, 5.41) is 12.3. The van der Waals surface area contributed by atoms with Crippen molar-refractivity contribution >= 4 is 19.0 Å². The molecule has 2 rings (SSSR count). The summed E-state index contributed by atoms with van der Waals surface area (Å²) >= 11 is 0. The molecule has 0 aromatic heterocycles. The molecule has 7 heteroatoms. The van der Waals surface area contributed by atoms with Crippen molar-refractivity contribution in [3.05, 3.63) is 23.5 Å². The van der Waals surface area contributed by atoms with E-state index >= 15 is 0 Å². The molecule has 0 spiro atoms. The molecule has 0 aromatic rings. The monoisotopic (exact) mass is 313 g/mol. The van der Waals surface area contributed by atoms with E-state index in [1.165, 1.54) is 0 Å². The summed E-state index contributed by atoms with van der Waals surface area (Å²) in [7, 11) is -2.33. The number of imide groups is 1. The van der Waals surface area contributed by atoms with Crippen LogP contribution in [0.5, 0.6) is 0 Å². The van der Waals surface area contributed by atoms with E-state index in [0.29, 0.717) is 12.0 Å². The first kappa shape index (κ1) is 16.1. The molecule has 0 aliphatic carbocycles. The number of rotatable bonds is 3. The minimum Gasteiger partial charge on any atom is -0.390 e. The molecule has 2 aliphatic rings. The lowest BCUT2D eigenvalue weighted by Gasteiger charge is -2.23. The molecular weight excluding hydrogens is 293 g/mol. The fourth-order valence-corrected chi connectivity index (χ4v) is 2.99. The summed E-state index contributed by atoms with van der Waals surface area (Å²) in [6, 6.07) is 0. The van der Waals surface area contributed by atoms with Gasteiger partial charge in [-0.3, -0.25) is 14.9 Å². The van der Waals surface area contributed by atoms with E-state index in [2.05, 4.69) is 5.32 Å². The topological polar surface area (TPSA) is 92.7 Å². The molecule has 1 fully saturated rings. The van der Waals surface area contributed by atoms with Crippen LogP contribution < -0.4 is 5.32 Å². The Bertz CT molecular complexity index is 562. The van der Waals surface area contributed by atoms with Gasteiger partial charge in [0.2, 0.25) is 5.91 Å². The van der Waals surface area contributed by atoms with Gasteiger partial charge in [-0.25, -0.2) is 0 Å². The van der Waals surface area contributed by atoms with Crippen molar-refractivity contribution in [2.75, 3.05) is 13.3 Å². The standard InChI is InChI=1S/C14H20NO5P/c1-8-6-9(14(18)15-13(8)17)12-7-10(16)11(20-12)4-5-21(2,3)19/h4-6,9-12,16H,7H2,1-3H3,(H,15,17,18)/b5-4+/t9?,10-,11-,12-/m1/s1. The first-order valence-corrected chi connectivity index (χ1v) is 9.45. The SMILES string of the molecule is CC1=CC([C@H]2C[C@@H](O)[C@@H](/C=C/P(C)(C)=O)O2)C(=O)NC1=O. The Labute approximate surface area is 123 Å². The average molecular weight is 313 g/mol. The zero-order valence-electron chi connectivity index (χ0n) is 12.3. The van der Waals surface area contributed by atoms with Crippen LogP contribution in [0.2, 0.25) is 0 Å². The maximum absolute atomic E-state index is 11.9. The van der Waals surface area contributed by atoms with Crippen LogP contribution in [-0.4, -0.2) is 48.6 Å². The van der Waals surface area contributed by atoms with Crippen molar-refractivity contribution in [2.45, 2.75) is 31.7 Å². The molecule has 6 nitrogen and oxygen atoms in total. The van der Waals surface area contributed by atoms with Crippen molar-refractivity contribution < 1.29 is 24.0 Å². The molecule has 2 N–H and O–H groups in total. The minimum atomic E-state index is -2.33. The van der Waals surface area contributed by atoms with Gasteiger partial charge < -0.3 is 14.4 Å². The first-order valence-electron chi connectivity index (χ1n) is 6.78. The molecule has 2 heterocycles. The van der Waals surface area contributed by atoms with Crippen LogP contribution in [0.3, 0.4) is 0 Å². The van der Waals surface area contributed by atoms with E-state index in [9.17, 15) is 19.3 Å². The molecule has 0 saturated carbocycles. The van der Waals surface area contributed by atoms with Crippen LogP contribution in [0.15, 0.2) is 23.5 Å². The molecule has 4 atom stereocenters. The zero-order valence-corrected chi connectivity index (χ0v) is 13.2. The lowest BCUT2D eigenvalue weighted by Crippen LogP contribution is -2.44. The molecule has 2 amide bonds. The Morgan fingerprint density at radius 2 is 2.10 bits per heavy atom. The predicted octanol–water partition coefficient (Wildman–Crippen LogP) is 0.860. The van der Waals surface area contributed by atoms with E-state index in [0.717, 1.165) is 0 Å². The lowest BCUT2D eigenvalue weighted by molar-refractivity contribution is -0.134. The Balaban J connectivity index is 2.11. The second-order valence-corrected chi connectivity index (χ2v) is 9.08. The van der Waals surface area contributed by atoms with Gasteiger partial charge in [-0.05, 0) is 32.1 Å². The smallest absolute Gasteiger partial charge is 0.253 e. The third kappa shape index (κ3) is 3.90. The molecule has 116 valence electrons. The molecule has 0 aromatic carbocycles. The number of nitrogens with one attached hydrogen (secondary N) is 1. The number of carbonyl (C=O) groups is 2. The van der Waals surface area contributed by atoms with Crippen molar-refractivity contribution in [3.8, 4) is 0 Å². The van der Waals surface area contributed by atoms with E-state index in [-0.39, 0.29) is 0 Å². The van der Waals surface area contributed by atoms with E-state index < -0.39 is 43.2 Å². The molecule has 0 radical (unpaired) electrons. The number of ether oxygens (including phenoxy) is 1. The van der Waals surface area contributed by atoms with Gasteiger partial charge in [0.05, 0.1) is 18.1 Å². The van der Waals surface area contributed by atoms with Crippen molar-refractivity contribution in [1.29, 1.82) is 0 Å². The fraction of sp³-hybridized carbons (Fsp3) is 0.571. The lowest BCUT2D eigenvalue weighted by atomic mass is 9.93. The third-order valence-corrected chi connectivity index (χ3v) is 4.44. The maximum Gasteiger partial charge on any atom is 0.253 e. The number of hydrogen-bond donors (Lipinski definition) is 2. The second-order valence-electron chi connectivity index (χ2n) is 5.91. The highest BCUT2D eigenvalue weighted by molar-refractivity contribution is 7.65. The van der Waals surface area contributed by atoms with Crippen LogP contribution >= 0.6 is 7.14 Å². The van der Waals surface area contributed by atoms with Crippen molar-refractivity contribution in [3.63, 3.8) is 0 Å². The molecule has 1 saturated heterocycles. The summed E-state index contributed by atoms with van der Waals surface area (Å²) in [5.74, 6) is 0.147. The molecule has 2 aliphatic heterocycles. The maximum atomic E-state index is 11.9. The van der Waals surface area contributed by atoms with Crippen molar-refractivity contribution in [1.82, 2.24) is 5.32 Å². The average Bonchev–Trinajstić information content (AvgIpc) is 2.72. The number of hydrogen-bond acceptors (Lipinski definition) is 5. The van der Waals surface area contributed by atoms with Crippen LogP contribution in [0.25, 0.3) is 0 Å². The van der Waals surface area contributed by atoms with Crippen LogP contribution in [0.1, 0.15) is 13.3 Å². The summed E-state index contributed by atoms with van der Waals surface area (Å²) < 4.78 is 17.3. The Morgan fingerprint density at radius 1 is 1.43 bits per heavy atom. The minimum absolute atomic E-state index is 0.294. The molecule has 1 unspecified atom stereocenters. The van der Waals surface area contributed by atoms with Crippen LogP contribution in [-0.2, 0) is 18.9 Å². The summed E-state index contributed by atoms with van der Waals surface area (Å²) in [6.45, 7) is 4.87. The zero-order chi connectivity index (χ0) is 15.8. The Kier molecular flexibility index (Phi) is 4.51. The van der Waals surface area contributed by atoms with Gasteiger partial charge in [-0.2, -0.15) is 0 Å². The predicted molar refractivity (Wildman–Crippen MR) is 78.3 cm³/mol. The van der Waals surface area contributed by atoms with Gasteiger partial charge in [-0.1, -0.05) is 6.08 Å². The van der Waals surface area contributed by atoms with Gasteiger partial charge in [0.15, 0.2) is 0 Å². The number of amides is 2. The highest BCUT2D eigenvalue weighted by Crippen LogP contribution is 2.39. The molecule has 21 heavy (non-hydrogen) atoms. The Morgan fingerprint density at radius 3 is 2.71 bits per heavy atom. The van der Waals surface area contributed by atoms with Gasteiger partial charge in [-0.15, -0.1) is 0 Å². The largest absolute Gasteiger partial charge is 0.390 e. The summed E-state index contributed by atoms with van der Waals surface area (Å²) in [6.07, 6.45) is 1.64. The van der Waals surface area contributed by atoms with E-state index in [4.69, 9.17) is 4.74 Å². The number of aliphatic hydroxyl groups is 1. The van der Waals surface area contributed by atoms with Gasteiger partial charge >= 0.3 is 0 Å². The summed E-state index contributed by atoms with van der Waals surface area (Å²) in [5.41, 5.74) is 0.461. The highest BCUT2D eigenvalue weighted by atomic mass is 31.2. The normalized spacial score (nSPS) is 34.2. The Hall–Kier alpha value is -1.23. The molecular formula is C14H20NO5P. The van der Waals surface area contributed by atoms with Gasteiger partial charge in [0.1, 0.15) is 13.2 Å². The fourth-order valence-electron chi connectivity index (χ4n) is 2.41. The van der Waals surface area contributed by atoms with E-state index in [1.807, 2.05) is 0 Å². The highest BCUT2D eigenvalue weighted by Gasteiger charge is 2.41. The van der Waals surface area contributed by atoms with Crippen molar-refractivity contribution in [2.24, 2.45) is 5.92 Å². The quantitative estimate of drug-likeness (QED) is 0.595. The van der Waals surface area contributed by atoms with Crippen LogP contribution in [0, 0.1) is 5.92 Å². The van der Waals surface area contributed by atoms with Gasteiger partial charge in [0.25, 0.3) is 5.91 Å². The van der Waals surface area contributed by atoms with E-state index in [1.54, 1.807) is 38.2 Å². The number of aliphatic hydroxyl groups excluding tert-OH is 1. The number of carbonyl (C=O) groups excluding carboxylic acids is 2. The first-order chi connectivity index (χ1) is 9.67. The van der Waals surface area contributed by atoms with Gasteiger partial charge in [0, 0.05) is 12.0 Å². The van der Waals surface area contributed by atoms with Crippen LogP contribution in [0.4, 0.5) is 0 Å². The third-order valence-electron chi connectivity index (χ3n) is 3.55. The second kappa shape index (κ2) is 5.87.